The van der Waals surface area contributed by atoms with E-state index < -0.39 is 10.9 Å². The first-order valence-electron chi connectivity index (χ1n) is 7.09. The Kier molecular flexibility index (Phi) is 3.72. The number of aromatic nitrogens is 2. The van der Waals surface area contributed by atoms with Gasteiger partial charge in [-0.05, 0) is 28.7 Å². The van der Waals surface area contributed by atoms with Crippen molar-refractivity contribution in [2.45, 2.75) is 13.3 Å². The zero-order valence-corrected chi connectivity index (χ0v) is 13.0. The molecule has 1 aliphatic rings. The van der Waals surface area contributed by atoms with Gasteiger partial charge in [0.15, 0.2) is 5.78 Å². The van der Waals surface area contributed by atoms with Crippen molar-refractivity contribution in [1.82, 2.24) is 9.55 Å². The van der Waals surface area contributed by atoms with Crippen LogP contribution in [-0.4, -0.2) is 26.2 Å². The van der Waals surface area contributed by atoms with Gasteiger partial charge in [0.2, 0.25) is 5.82 Å². The van der Waals surface area contributed by atoms with E-state index in [0.717, 1.165) is 11.8 Å². The molecule has 1 heterocycles. The molecule has 1 aromatic carbocycles. The summed E-state index contributed by atoms with van der Waals surface area (Å²) in [6.45, 7) is 1.30. The SMILES string of the molecule is CC(=O)Oc1ccc2c(c1)CC(=Cc1ncc([N+](=O)[O-])n1C)C2=O. The molecule has 0 bridgehead atoms. The molecule has 0 fully saturated rings. The van der Waals surface area contributed by atoms with E-state index in [9.17, 15) is 19.7 Å². The number of hydrogen-bond acceptors (Lipinski definition) is 6. The zero-order chi connectivity index (χ0) is 17.4. The Morgan fingerprint density at radius 2 is 2.21 bits per heavy atom. The molecule has 2 aromatic rings. The fourth-order valence-corrected chi connectivity index (χ4v) is 2.62. The number of fused-ring (bicyclic) bond motifs is 1. The van der Waals surface area contributed by atoms with Crippen molar-refractivity contribution < 1.29 is 19.2 Å². The first kappa shape index (κ1) is 15.6. The van der Waals surface area contributed by atoms with Crippen molar-refractivity contribution in [3.63, 3.8) is 0 Å². The highest BCUT2D eigenvalue weighted by Gasteiger charge is 2.27. The number of esters is 1. The van der Waals surface area contributed by atoms with Gasteiger partial charge in [0.05, 0.1) is 7.05 Å². The summed E-state index contributed by atoms with van der Waals surface area (Å²) in [5.74, 6) is -0.0386. The van der Waals surface area contributed by atoms with E-state index in [1.165, 1.54) is 18.5 Å². The van der Waals surface area contributed by atoms with Gasteiger partial charge in [0.25, 0.3) is 0 Å². The van der Waals surface area contributed by atoms with Gasteiger partial charge in [0, 0.05) is 30.6 Å². The van der Waals surface area contributed by atoms with Crippen LogP contribution in [0.2, 0.25) is 0 Å². The summed E-state index contributed by atoms with van der Waals surface area (Å²) in [5, 5.41) is 10.9. The Bertz CT molecular complexity index is 910. The van der Waals surface area contributed by atoms with E-state index in [-0.39, 0.29) is 11.6 Å². The third-order valence-corrected chi connectivity index (χ3v) is 3.75. The van der Waals surface area contributed by atoms with E-state index in [0.29, 0.717) is 29.1 Å². The molecule has 0 unspecified atom stereocenters. The van der Waals surface area contributed by atoms with E-state index in [4.69, 9.17) is 4.74 Å². The number of nitro groups is 1. The van der Waals surface area contributed by atoms with Crippen LogP contribution in [0.4, 0.5) is 5.82 Å². The van der Waals surface area contributed by atoms with Gasteiger partial charge >= 0.3 is 11.8 Å². The standard InChI is InChI=1S/C16H13N3O5/c1-9(20)24-12-3-4-13-10(6-12)5-11(16(13)21)7-14-17-8-15(18(14)2)19(22)23/h3-4,6-8H,5H2,1-2H3. The van der Waals surface area contributed by atoms with Crippen molar-refractivity contribution in [3.8, 4) is 5.75 Å². The average molecular weight is 327 g/mol. The summed E-state index contributed by atoms with van der Waals surface area (Å²) in [6.07, 6.45) is 3.04. The van der Waals surface area contributed by atoms with Crippen molar-refractivity contribution in [3.05, 3.63) is 57.0 Å². The lowest BCUT2D eigenvalue weighted by molar-refractivity contribution is -0.391. The molecule has 8 heteroatoms. The van der Waals surface area contributed by atoms with E-state index in [2.05, 4.69) is 4.98 Å². The number of benzene rings is 1. The van der Waals surface area contributed by atoms with Gasteiger partial charge in [-0.3, -0.25) is 9.59 Å². The molecule has 0 amide bonds. The highest BCUT2D eigenvalue weighted by molar-refractivity contribution is 6.15. The van der Waals surface area contributed by atoms with Crippen molar-refractivity contribution >= 4 is 23.6 Å². The molecular weight excluding hydrogens is 314 g/mol. The molecule has 1 aliphatic carbocycles. The second-order valence-corrected chi connectivity index (χ2v) is 5.38. The van der Waals surface area contributed by atoms with E-state index >= 15 is 0 Å². The fraction of sp³-hybridized carbons (Fsp3) is 0.188. The van der Waals surface area contributed by atoms with Crippen LogP contribution >= 0.6 is 0 Å². The minimum atomic E-state index is -0.536. The molecule has 122 valence electrons. The van der Waals surface area contributed by atoms with Gasteiger partial charge in [-0.15, -0.1) is 0 Å². The first-order valence-corrected chi connectivity index (χ1v) is 7.09. The maximum absolute atomic E-state index is 12.4. The molecule has 8 nitrogen and oxygen atoms in total. The molecular formula is C16H13N3O5. The van der Waals surface area contributed by atoms with Gasteiger partial charge < -0.3 is 14.9 Å². The topological polar surface area (TPSA) is 104 Å². The number of ether oxygens (including phenoxy) is 1. The lowest BCUT2D eigenvalue weighted by Crippen LogP contribution is -2.02. The average Bonchev–Trinajstić information content (AvgIpc) is 3.00. The van der Waals surface area contributed by atoms with Crippen LogP contribution in [0.25, 0.3) is 6.08 Å². The number of rotatable bonds is 3. The Morgan fingerprint density at radius 1 is 1.46 bits per heavy atom. The van der Waals surface area contributed by atoms with Crippen LogP contribution < -0.4 is 4.74 Å². The van der Waals surface area contributed by atoms with Crippen molar-refractivity contribution in [1.29, 1.82) is 0 Å². The summed E-state index contributed by atoms with van der Waals surface area (Å²) in [4.78, 5) is 37.7. The molecule has 0 radical (unpaired) electrons. The summed E-state index contributed by atoms with van der Waals surface area (Å²) in [5.41, 5.74) is 1.75. The first-order chi connectivity index (χ1) is 11.4. The number of Topliss-reactive ketones (excluding diaryl/α,β-unsaturated/α-hetero) is 1. The summed E-state index contributed by atoms with van der Waals surface area (Å²) >= 11 is 0. The largest absolute Gasteiger partial charge is 0.427 e. The monoisotopic (exact) mass is 327 g/mol. The van der Waals surface area contributed by atoms with Crippen molar-refractivity contribution in [2.75, 3.05) is 0 Å². The molecule has 24 heavy (non-hydrogen) atoms. The highest BCUT2D eigenvalue weighted by atomic mass is 16.6. The minimum absolute atomic E-state index is 0.151. The summed E-state index contributed by atoms with van der Waals surface area (Å²) in [6, 6.07) is 4.82. The van der Waals surface area contributed by atoms with Crippen LogP contribution in [0.3, 0.4) is 0 Å². The van der Waals surface area contributed by atoms with Gasteiger partial charge in [-0.2, -0.15) is 0 Å². The maximum atomic E-state index is 12.4. The number of ketones is 1. The van der Waals surface area contributed by atoms with Crippen LogP contribution in [-0.2, 0) is 18.3 Å². The number of allylic oxidation sites excluding steroid dienone is 1. The third-order valence-electron chi connectivity index (χ3n) is 3.75. The number of carbonyl (C=O) groups excluding carboxylic acids is 2. The van der Waals surface area contributed by atoms with Crippen LogP contribution in [0, 0.1) is 10.1 Å². The normalized spacial score (nSPS) is 14.8. The molecule has 0 aliphatic heterocycles. The predicted octanol–water partition coefficient (Wildman–Crippen LogP) is 2.08. The Balaban J connectivity index is 1.93. The molecule has 0 atom stereocenters. The smallest absolute Gasteiger partial charge is 0.342 e. The fourth-order valence-electron chi connectivity index (χ4n) is 2.62. The molecule has 1 aromatic heterocycles. The second-order valence-electron chi connectivity index (χ2n) is 5.38. The molecule has 0 saturated carbocycles. The maximum Gasteiger partial charge on any atom is 0.342 e. The Hall–Kier alpha value is -3.29. The summed E-state index contributed by atoms with van der Waals surface area (Å²) < 4.78 is 6.33. The second kappa shape index (κ2) is 5.73. The Labute approximate surface area is 136 Å². The number of hydrogen-bond donors (Lipinski definition) is 0. The third kappa shape index (κ3) is 2.69. The van der Waals surface area contributed by atoms with E-state index in [1.54, 1.807) is 24.3 Å². The van der Waals surface area contributed by atoms with Crippen LogP contribution in [0.15, 0.2) is 30.0 Å². The van der Waals surface area contributed by atoms with Crippen LogP contribution in [0.5, 0.6) is 5.75 Å². The van der Waals surface area contributed by atoms with Crippen molar-refractivity contribution in [2.24, 2.45) is 7.05 Å². The quantitative estimate of drug-likeness (QED) is 0.281. The van der Waals surface area contributed by atoms with Gasteiger partial charge in [0.1, 0.15) is 11.9 Å². The molecule has 0 spiro atoms. The predicted molar refractivity (Wildman–Crippen MR) is 83.6 cm³/mol. The zero-order valence-electron chi connectivity index (χ0n) is 13.0. The number of carbonyl (C=O) groups is 2. The number of imidazole rings is 1. The van der Waals surface area contributed by atoms with Gasteiger partial charge in [-0.25, -0.2) is 9.55 Å². The lowest BCUT2D eigenvalue weighted by atomic mass is 10.1. The molecule has 3 rings (SSSR count). The van der Waals surface area contributed by atoms with Crippen LogP contribution in [0.1, 0.15) is 28.7 Å². The van der Waals surface area contributed by atoms with E-state index in [1.807, 2.05) is 0 Å². The molecule has 0 saturated heterocycles. The Morgan fingerprint density at radius 3 is 2.83 bits per heavy atom. The highest BCUT2D eigenvalue weighted by Crippen LogP contribution is 2.31. The molecule has 0 N–H and O–H groups in total. The summed E-state index contributed by atoms with van der Waals surface area (Å²) in [7, 11) is 1.52. The minimum Gasteiger partial charge on any atom is -0.427 e. The van der Waals surface area contributed by atoms with Gasteiger partial charge in [-0.1, -0.05) is 0 Å². The number of nitrogens with zero attached hydrogens (tertiary/aromatic N) is 3. The lowest BCUT2D eigenvalue weighted by Gasteiger charge is -2.02.